The molecular weight excluding hydrogens is 953 g/mol. The van der Waals surface area contributed by atoms with Crippen molar-refractivity contribution in [1.29, 1.82) is 0 Å². The lowest BCUT2D eigenvalue weighted by atomic mass is 10.1. The van der Waals surface area contributed by atoms with Crippen LogP contribution in [0.2, 0.25) is 0 Å². The lowest BCUT2D eigenvalue weighted by Gasteiger charge is -2.29. The van der Waals surface area contributed by atoms with Crippen molar-refractivity contribution in [2.45, 2.75) is 95.5 Å². The second-order valence-corrected chi connectivity index (χ2v) is 16.3. The van der Waals surface area contributed by atoms with Gasteiger partial charge in [0, 0.05) is 6.42 Å². The molecule has 0 spiro atoms. The van der Waals surface area contributed by atoms with E-state index in [1.807, 2.05) is 0 Å². The van der Waals surface area contributed by atoms with E-state index in [0.29, 0.717) is 158 Å². The van der Waals surface area contributed by atoms with Gasteiger partial charge in [-0.1, -0.05) is 58.3 Å². The van der Waals surface area contributed by atoms with Crippen LogP contribution in [-0.4, -0.2) is 270 Å². The Labute approximate surface area is 430 Å². The number of rotatable bonds is 61. The Hall–Kier alpha value is -1.33. The number of hydrogen-bond acceptors (Lipinski definition) is 22. The van der Waals surface area contributed by atoms with Gasteiger partial charge in [-0.25, -0.2) is 0 Å². The lowest BCUT2D eigenvalue weighted by Crippen LogP contribution is -2.46. The van der Waals surface area contributed by atoms with E-state index < -0.39 is 24.4 Å². The molecule has 0 unspecified atom stereocenters. The third-order valence-corrected chi connectivity index (χ3v) is 10.5. The summed E-state index contributed by atoms with van der Waals surface area (Å²) >= 11 is 0. The van der Waals surface area contributed by atoms with Crippen LogP contribution in [0.4, 0.5) is 0 Å². The molecule has 22 heteroatoms. The number of aliphatic hydroxyl groups is 3. The van der Waals surface area contributed by atoms with Gasteiger partial charge in [0.15, 0.2) is 0 Å². The van der Waals surface area contributed by atoms with Crippen molar-refractivity contribution < 1.29 is 105 Å². The highest BCUT2D eigenvalue weighted by atomic mass is 16.6. The molecular formula is C50H98O22. The summed E-state index contributed by atoms with van der Waals surface area (Å²) in [6.07, 6.45) is 9.28. The number of carbonyl (C=O) groups excluding carboxylic acids is 1. The highest BCUT2D eigenvalue weighted by Gasteiger charge is 2.44. The number of ether oxygens (including phenoxy) is 18. The molecule has 4 atom stereocenters. The predicted octanol–water partition coefficient (Wildman–Crippen LogP) is 2.20. The zero-order chi connectivity index (χ0) is 51.7. The fourth-order valence-electron chi connectivity index (χ4n) is 6.81. The van der Waals surface area contributed by atoms with Gasteiger partial charge in [-0.05, 0) is 6.42 Å². The van der Waals surface area contributed by atoms with Gasteiger partial charge in [-0.15, -0.1) is 0 Å². The first-order valence-electron chi connectivity index (χ1n) is 26.6. The zero-order valence-electron chi connectivity index (χ0n) is 44.0. The summed E-state index contributed by atoms with van der Waals surface area (Å²) in [6, 6.07) is 0. The Bertz CT molecular complexity index is 1070. The van der Waals surface area contributed by atoms with Crippen molar-refractivity contribution in [2.24, 2.45) is 0 Å². The average molecular weight is 1050 g/mol. The molecule has 1 aliphatic heterocycles. The quantitative estimate of drug-likeness (QED) is 0.0584. The molecule has 1 saturated heterocycles. The van der Waals surface area contributed by atoms with Crippen LogP contribution in [0.3, 0.4) is 0 Å². The highest BCUT2D eigenvalue weighted by Crippen LogP contribution is 2.25. The summed E-state index contributed by atoms with van der Waals surface area (Å²) in [7, 11) is 0. The summed E-state index contributed by atoms with van der Waals surface area (Å²) < 4.78 is 103. The van der Waals surface area contributed by atoms with E-state index in [0.717, 1.165) is 12.8 Å². The van der Waals surface area contributed by atoms with Crippen LogP contribution in [0.1, 0.15) is 71.1 Å². The Morgan fingerprint density at radius 3 is 1.19 bits per heavy atom. The monoisotopic (exact) mass is 1050 g/mol. The molecule has 0 aliphatic carbocycles. The van der Waals surface area contributed by atoms with Crippen molar-refractivity contribution in [1.82, 2.24) is 0 Å². The third kappa shape index (κ3) is 46.0. The van der Waals surface area contributed by atoms with Gasteiger partial charge in [0.25, 0.3) is 0 Å². The van der Waals surface area contributed by atoms with Crippen LogP contribution in [0.15, 0.2) is 0 Å². The van der Waals surface area contributed by atoms with E-state index in [-0.39, 0.29) is 78.6 Å². The third-order valence-electron chi connectivity index (χ3n) is 10.5. The molecule has 1 heterocycles. The average Bonchev–Trinajstić information content (AvgIpc) is 3.79. The standard InChI is InChI=1S/C50H98O22/c1-2-3-4-5-6-7-8-9-10-11-48(54)70-42-38-65-32-28-61-24-25-62-34-35-67-44-46(68-40-36-63-30-26-58-21-18-55-15-12-51)50-49(71-43-39-66-33-29-60-23-20-57-17-14-53)47(45-72-50)69-41-37-64-31-27-59-22-19-56-16-13-52/h46-47,49-53H,2-45H2,1H3/t46-,47+,49-,50-/m1/s1. The van der Waals surface area contributed by atoms with E-state index in [4.69, 9.17) is 101 Å². The van der Waals surface area contributed by atoms with Crippen LogP contribution in [0.5, 0.6) is 0 Å². The minimum Gasteiger partial charge on any atom is -0.463 e. The summed E-state index contributed by atoms with van der Waals surface area (Å²) in [5.41, 5.74) is 0. The van der Waals surface area contributed by atoms with E-state index in [2.05, 4.69) is 6.92 Å². The molecule has 0 aromatic rings. The highest BCUT2D eigenvalue weighted by molar-refractivity contribution is 5.69. The van der Waals surface area contributed by atoms with Crippen LogP contribution >= 0.6 is 0 Å². The van der Waals surface area contributed by atoms with E-state index in [9.17, 15) is 4.79 Å². The van der Waals surface area contributed by atoms with Crippen molar-refractivity contribution in [3.05, 3.63) is 0 Å². The van der Waals surface area contributed by atoms with Gasteiger partial charge in [0.1, 0.15) is 31.0 Å². The van der Waals surface area contributed by atoms with Gasteiger partial charge in [-0.2, -0.15) is 0 Å². The molecule has 0 saturated carbocycles. The Morgan fingerprint density at radius 1 is 0.417 bits per heavy atom. The van der Waals surface area contributed by atoms with E-state index >= 15 is 0 Å². The van der Waals surface area contributed by atoms with Crippen molar-refractivity contribution in [3.8, 4) is 0 Å². The second-order valence-electron chi connectivity index (χ2n) is 16.3. The molecule has 0 radical (unpaired) electrons. The fraction of sp³-hybridized carbons (Fsp3) is 0.980. The molecule has 1 fully saturated rings. The number of esters is 1. The molecule has 72 heavy (non-hydrogen) atoms. The Kier molecular flexibility index (Phi) is 54.7. The topological polar surface area (TPSA) is 244 Å². The number of aliphatic hydroxyl groups excluding tert-OH is 3. The largest absolute Gasteiger partial charge is 0.463 e. The first-order valence-corrected chi connectivity index (χ1v) is 26.6. The smallest absolute Gasteiger partial charge is 0.305 e. The van der Waals surface area contributed by atoms with Gasteiger partial charge < -0.3 is 101 Å². The SMILES string of the molecule is CCCCCCCCCCCC(=O)OCCOCCOCCOCCOC[C@@H](OCCOCCOCCOCCO)[C@H]1OC[C@H](OCCOCCOCCOCCO)[C@H]1OCCOCCOCCOCCO. The molecule has 430 valence electrons. The number of unbranched alkanes of at least 4 members (excludes halogenated alkanes) is 8. The van der Waals surface area contributed by atoms with Gasteiger partial charge in [-0.3, -0.25) is 4.79 Å². The molecule has 0 aromatic heterocycles. The van der Waals surface area contributed by atoms with Gasteiger partial charge in [0.05, 0.1) is 218 Å². The maximum Gasteiger partial charge on any atom is 0.305 e. The molecule has 0 bridgehead atoms. The first kappa shape index (κ1) is 68.7. The Morgan fingerprint density at radius 2 is 0.764 bits per heavy atom. The Balaban J connectivity index is 2.52. The normalized spacial score (nSPS) is 16.3. The number of hydrogen-bond donors (Lipinski definition) is 3. The molecule has 3 N–H and O–H groups in total. The van der Waals surface area contributed by atoms with Crippen molar-refractivity contribution >= 4 is 5.97 Å². The number of carbonyl (C=O) groups is 1. The summed E-state index contributed by atoms with van der Waals surface area (Å²) in [5.74, 6) is -0.169. The van der Waals surface area contributed by atoms with Gasteiger partial charge >= 0.3 is 5.97 Å². The molecule has 0 amide bonds. The summed E-state index contributed by atoms with van der Waals surface area (Å²) in [6.45, 7) is 12.6. The van der Waals surface area contributed by atoms with Crippen LogP contribution in [-0.2, 0) is 90.1 Å². The second kappa shape index (κ2) is 57.4. The fourth-order valence-corrected chi connectivity index (χ4v) is 6.81. The zero-order valence-corrected chi connectivity index (χ0v) is 44.0. The van der Waals surface area contributed by atoms with Crippen molar-refractivity contribution in [3.63, 3.8) is 0 Å². The lowest BCUT2D eigenvalue weighted by molar-refractivity contribution is -0.145. The maximum absolute atomic E-state index is 12.0. The summed E-state index contributed by atoms with van der Waals surface area (Å²) in [5, 5.41) is 26.5. The van der Waals surface area contributed by atoms with E-state index in [1.165, 1.54) is 44.9 Å². The molecule has 0 aromatic carbocycles. The molecule has 1 rings (SSSR count). The molecule has 22 nitrogen and oxygen atoms in total. The van der Waals surface area contributed by atoms with Crippen LogP contribution < -0.4 is 0 Å². The minimum atomic E-state index is -0.546. The summed E-state index contributed by atoms with van der Waals surface area (Å²) in [4.78, 5) is 12.0. The predicted molar refractivity (Wildman–Crippen MR) is 264 cm³/mol. The maximum atomic E-state index is 12.0. The van der Waals surface area contributed by atoms with E-state index in [1.54, 1.807) is 0 Å². The van der Waals surface area contributed by atoms with Crippen molar-refractivity contribution in [2.75, 3.05) is 225 Å². The minimum absolute atomic E-state index is 0.0252. The van der Waals surface area contributed by atoms with Gasteiger partial charge in [0.2, 0.25) is 0 Å². The molecule has 1 aliphatic rings. The van der Waals surface area contributed by atoms with Crippen LogP contribution in [0.25, 0.3) is 0 Å². The first-order chi connectivity index (χ1) is 35.7. The van der Waals surface area contributed by atoms with Crippen LogP contribution in [0, 0.1) is 0 Å².